The molecule has 4 heteroatoms. The lowest BCUT2D eigenvalue weighted by Gasteiger charge is -2.06. The quantitative estimate of drug-likeness (QED) is 0.371. The van der Waals surface area contributed by atoms with Crippen molar-refractivity contribution in [2.75, 3.05) is 0 Å². The van der Waals surface area contributed by atoms with Crippen LogP contribution in [0, 0.1) is 0 Å². The minimum absolute atomic E-state index is 0.0551. The Kier molecular flexibility index (Phi) is 4.11. The van der Waals surface area contributed by atoms with Gasteiger partial charge >= 0.3 is 0 Å². The molecule has 0 spiro atoms. The lowest BCUT2D eigenvalue weighted by molar-refractivity contribution is 0.620. The Morgan fingerprint density at radius 3 is 2.25 bits per heavy atom. The van der Waals surface area contributed by atoms with Crippen LogP contribution < -0.4 is 5.43 Å². The Morgan fingerprint density at radius 2 is 1.50 bits per heavy atom. The monoisotopic (exact) mass is 381 g/mol. The number of fused-ring (bicyclic) bond motifs is 1. The fourth-order valence-corrected chi connectivity index (χ4v) is 4.06. The third-order valence-electron chi connectivity index (χ3n) is 4.61. The molecule has 0 aliphatic rings. The Bertz CT molecular complexity index is 1320. The van der Waals surface area contributed by atoms with Crippen LogP contribution in [0.3, 0.4) is 0 Å². The number of rotatable bonds is 3. The van der Waals surface area contributed by atoms with E-state index in [9.17, 15) is 4.79 Å². The van der Waals surface area contributed by atoms with E-state index in [-0.39, 0.29) is 5.43 Å². The molecule has 0 N–H and O–H groups in total. The molecule has 0 saturated carbocycles. The number of hydrogen-bond acceptors (Lipinski definition) is 4. The first-order chi connectivity index (χ1) is 13.8. The molecule has 0 aliphatic carbocycles. The highest BCUT2D eigenvalue weighted by atomic mass is 32.1. The second-order valence-corrected chi connectivity index (χ2v) is 7.29. The van der Waals surface area contributed by atoms with Crippen LogP contribution in [0.1, 0.15) is 0 Å². The first-order valence-corrected chi connectivity index (χ1v) is 9.81. The summed E-state index contributed by atoms with van der Waals surface area (Å²) in [5, 5.41) is 3.51. The largest absolute Gasteiger partial charge is 0.455 e. The van der Waals surface area contributed by atoms with Crippen LogP contribution in [-0.4, -0.2) is 4.98 Å². The molecule has 3 nitrogen and oxygen atoms in total. The highest BCUT2D eigenvalue weighted by molar-refractivity contribution is 7.13. The van der Waals surface area contributed by atoms with Gasteiger partial charge in [-0.1, -0.05) is 66.7 Å². The van der Waals surface area contributed by atoms with Crippen molar-refractivity contribution in [3.8, 4) is 33.2 Å². The zero-order valence-electron chi connectivity index (χ0n) is 14.8. The molecule has 5 rings (SSSR count). The van der Waals surface area contributed by atoms with Crippen molar-refractivity contribution < 1.29 is 4.42 Å². The summed E-state index contributed by atoms with van der Waals surface area (Å²) in [5.74, 6) is 0.559. The van der Waals surface area contributed by atoms with Crippen molar-refractivity contribution in [2.24, 2.45) is 0 Å². The fourth-order valence-electron chi connectivity index (χ4n) is 3.23. The van der Waals surface area contributed by atoms with Gasteiger partial charge in [-0.3, -0.25) is 4.79 Å². The number of benzene rings is 3. The van der Waals surface area contributed by atoms with Crippen molar-refractivity contribution in [3.05, 3.63) is 101 Å². The molecular weight excluding hydrogens is 366 g/mol. The maximum absolute atomic E-state index is 12.7. The molecule has 0 bridgehead atoms. The summed E-state index contributed by atoms with van der Waals surface area (Å²) >= 11 is 1.58. The second-order valence-electron chi connectivity index (χ2n) is 6.43. The summed E-state index contributed by atoms with van der Waals surface area (Å²) in [6.07, 6.45) is 0. The molecule has 134 valence electrons. The lowest BCUT2D eigenvalue weighted by Crippen LogP contribution is -2.01. The minimum Gasteiger partial charge on any atom is -0.455 e. The number of nitrogens with zero attached hydrogens (tertiary/aromatic N) is 1. The van der Waals surface area contributed by atoms with Gasteiger partial charge in [-0.25, -0.2) is 4.98 Å². The maximum atomic E-state index is 12.7. The summed E-state index contributed by atoms with van der Waals surface area (Å²) in [4.78, 5) is 17.5. The predicted molar refractivity (Wildman–Crippen MR) is 114 cm³/mol. The number of thiazole rings is 1. The molecule has 0 aliphatic heterocycles. The van der Waals surface area contributed by atoms with Gasteiger partial charge in [-0.2, -0.15) is 0 Å². The van der Waals surface area contributed by atoms with Gasteiger partial charge in [0.2, 0.25) is 0 Å². The van der Waals surface area contributed by atoms with E-state index in [4.69, 9.17) is 9.40 Å². The molecule has 0 radical (unpaired) electrons. The summed E-state index contributed by atoms with van der Waals surface area (Å²) in [6.45, 7) is 0. The number of aromatic nitrogens is 1. The highest BCUT2D eigenvalue weighted by Gasteiger charge is 2.14. The molecule has 5 aromatic rings. The van der Waals surface area contributed by atoms with E-state index in [1.165, 1.54) is 0 Å². The van der Waals surface area contributed by atoms with Gasteiger partial charge in [0, 0.05) is 28.1 Å². The van der Waals surface area contributed by atoms with Gasteiger partial charge in [0.25, 0.3) is 0 Å². The van der Waals surface area contributed by atoms with Crippen LogP contribution in [0.5, 0.6) is 0 Å². The molecule has 2 heterocycles. The van der Waals surface area contributed by atoms with Crippen molar-refractivity contribution in [3.63, 3.8) is 0 Å². The average Bonchev–Trinajstić information content (AvgIpc) is 3.25. The molecule has 0 fully saturated rings. The van der Waals surface area contributed by atoms with Crippen LogP contribution in [0.25, 0.3) is 44.1 Å². The van der Waals surface area contributed by atoms with Gasteiger partial charge < -0.3 is 4.42 Å². The standard InChI is InChI=1S/C24H15NO2S/c26-21-14-22(16-8-3-1-4-9-16)27-23-18(12-7-13-19(21)23)20-15-28-24(25-20)17-10-5-2-6-11-17/h1-15H. The van der Waals surface area contributed by atoms with E-state index in [0.717, 1.165) is 27.4 Å². The van der Waals surface area contributed by atoms with E-state index < -0.39 is 0 Å². The first kappa shape index (κ1) is 16.7. The molecular formula is C24H15NO2S. The molecule has 2 aromatic heterocycles. The molecule has 3 aromatic carbocycles. The minimum atomic E-state index is -0.0551. The van der Waals surface area contributed by atoms with Crippen LogP contribution in [0.15, 0.2) is 99.5 Å². The summed E-state index contributed by atoms with van der Waals surface area (Å²) < 4.78 is 6.19. The third-order valence-corrected chi connectivity index (χ3v) is 5.51. The molecule has 0 amide bonds. The maximum Gasteiger partial charge on any atom is 0.193 e. The van der Waals surface area contributed by atoms with Crippen molar-refractivity contribution in [1.29, 1.82) is 0 Å². The van der Waals surface area contributed by atoms with Crippen molar-refractivity contribution in [2.45, 2.75) is 0 Å². The van der Waals surface area contributed by atoms with Crippen LogP contribution in [-0.2, 0) is 0 Å². The van der Waals surface area contributed by atoms with Crippen LogP contribution in [0.4, 0.5) is 0 Å². The predicted octanol–water partition coefficient (Wildman–Crippen LogP) is 6.25. The first-order valence-electron chi connectivity index (χ1n) is 8.93. The summed E-state index contributed by atoms with van der Waals surface area (Å²) in [6, 6.07) is 26.9. The highest BCUT2D eigenvalue weighted by Crippen LogP contribution is 2.33. The summed E-state index contributed by atoms with van der Waals surface area (Å²) in [5.41, 5.74) is 4.10. The Hall–Kier alpha value is -3.50. The van der Waals surface area contributed by atoms with Gasteiger partial charge in [-0.15, -0.1) is 11.3 Å². The van der Waals surface area contributed by atoms with Crippen molar-refractivity contribution in [1.82, 2.24) is 4.98 Å². The van der Waals surface area contributed by atoms with Gasteiger partial charge in [-0.05, 0) is 12.1 Å². The van der Waals surface area contributed by atoms with E-state index >= 15 is 0 Å². The molecule has 0 saturated heterocycles. The zero-order valence-corrected chi connectivity index (χ0v) is 15.6. The van der Waals surface area contributed by atoms with Gasteiger partial charge in [0.15, 0.2) is 5.43 Å². The third kappa shape index (κ3) is 2.94. The Labute approximate surface area is 165 Å². The summed E-state index contributed by atoms with van der Waals surface area (Å²) in [7, 11) is 0. The normalized spacial score (nSPS) is 11.0. The van der Waals surface area contributed by atoms with E-state index in [1.54, 1.807) is 23.5 Å². The van der Waals surface area contributed by atoms with E-state index in [2.05, 4.69) is 0 Å². The lowest BCUT2D eigenvalue weighted by atomic mass is 10.1. The fraction of sp³-hybridized carbons (Fsp3) is 0. The van der Waals surface area contributed by atoms with Crippen LogP contribution in [0.2, 0.25) is 0 Å². The molecule has 0 atom stereocenters. The second kappa shape index (κ2) is 6.91. The van der Waals surface area contributed by atoms with Gasteiger partial charge in [0.05, 0.1) is 11.1 Å². The zero-order chi connectivity index (χ0) is 18.9. The van der Waals surface area contributed by atoms with E-state index in [1.807, 2.05) is 78.2 Å². The molecule has 0 unspecified atom stereocenters. The van der Waals surface area contributed by atoms with Crippen molar-refractivity contribution >= 4 is 22.3 Å². The SMILES string of the molecule is O=c1cc(-c2ccccc2)oc2c(-c3csc(-c4ccccc4)n3)cccc12. The number of para-hydroxylation sites is 1. The Morgan fingerprint density at radius 1 is 0.786 bits per heavy atom. The molecule has 28 heavy (non-hydrogen) atoms. The Balaban J connectivity index is 1.69. The number of hydrogen-bond donors (Lipinski definition) is 0. The van der Waals surface area contributed by atoms with E-state index in [0.29, 0.717) is 16.7 Å². The average molecular weight is 381 g/mol. The smallest absolute Gasteiger partial charge is 0.193 e. The van der Waals surface area contributed by atoms with Gasteiger partial charge in [0.1, 0.15) is 16.4 Å². The van der Waals surface area contributed by atoms with Crippen LogP contribution >= 0.6 is 11.3 Å². The topological polar surface area (TPSA) is 43.1 Å².